The van der Waals surface area contributed by atoms with Gasteiger partial charge in [0, 0.05) is 16.0 Å². The molecule has 0 spiro atoms. The molecule has 2 aromatic carbocycles. The van der Waals surface area contributed by atoms with Crippen molar-refractivity contribution in [2.75, 3.05) is 16.8 Å². The molecule has 142 valence electrons. The largest absolute Gasteiger partial charge is 0.416 e. The lowest BCUT2D eigenvalue weighted by atomic mass is 10.2. The summed E-state index contributed by atoms with van der Waals surface area (Å²) >= 11 is 7.33. The molecule has 0 unspecified atom stereocenters. The predicted molar refractivity (Wildman–Crippen MR) is 104 cm³/mol. The molecular formula is C18H15ClF3N3OS. The van der Waals surface area contributed by atoms with Crippen LogP contribution in [-0.2, 0) is 6.18 Å². The quantitative estimate of drug-likeness (QED) is 0.667. The topological polar surface area (TPSA) is 44.7 Å². The number of nitrogens with one attached hydrogen (secondary N) is 1. The molecule has 0 saturated carbocycles. The Hall–Kier alpha value is -2.19. The number of alkyl halides is 3. The van der Waals surface area contributed by atoms with Crippen molar-refractivity contribution in [2.45, 2.75) is 18.3 Å². The van der Waals surface area contributed by atoms with E-state index in [9.17, 15) is 18.0 Å². The molecule has 1 N–H and O–H groups in total. The minimum Gasteiger partial charge on any atom is -0.307 e. The summed E-state index contributed by atoms with van der Waals surface area (Å²) in [7, 11) is 0. The minimum atomic E-state index is -4.49. The Bertz CT molecular complexity index is 871. The first-order valence-corrected chi connectivity index (χ1v) is 9.25. The highest BCUT2D eigenvalue weighted by molar-refractivity contribution is 8.15. The van der Waals surface area contributed by atoms with Crippen molar-refractivity contribution >= 4 is 45.9 Å². The molecule has 27 heavy (non-hydrogen) atoms. The first kappa shape index (κ1) is 19.6. The van der Waals surface area contributed by atoms with E-state index < -0.39 is 17.8 Å². The third-order valence-corrected chi connectivity index (χ3v) is 5.04. The fourth-order valence-electron chi connectivity index (χ4n) is 2.44. The van der Waals surface area contributed by atoms with Gasteiger partial charge in [0.25, 0.3) is 0 Å². The molecule has 0 aliphatic carbocycles. The molecule has 9 heteroatoms. The van der Waals surface area contributed by atoms with Gasteiger partial charge in [-0.25, -0.2) is 9.69 Å². The number of carbonyl (C=O) groups excluding carboxylic acids is 1. The van der Waals surface area contributed by atoms with Gasteiger partial charge in [0.05, 0.1) is 17.8 Å². The lowest BCUT2D eigenvalue weighted by molar-refractivity contribution is -0.137. The molecule has 0 saturated heterocycles. The fraction of sp³-hybridized carbons (Fsp3) is 0.222. The maximum absolute atomic E-state index is 12.9. The van der Waals surface area contributed by atoms with Crippen LogP contribution in [0.25, 0.3) is 0 Å². The van der Waals surface area contributed by atoms with Crippen LogP contribution in [0.3, 0.4) is 0 Å². The van der Waals surface area contributed by atoms with E-state index in [0.29, 0.717) is 22.4 Å². The van der Waals surface area contributed by atoms with E-state index in [1.165, 1.54) is 28.8 Å². The van der Waals surface area contributed by atoms with Crippen LogP contribution in [0.2, 0.25) is 5.02 Å². The Kier molecular flexibility index (Phi) is 5.67. The van der Waals surface area contributed by atoms with E-state index in [1.807, 2.05) is 6.92 Å². The highest BCUT2D eigenvalue weighted by Crippen LogP contribution is 2.32. The van der Waals surface area contributed by atoms with Gasteiger partial charge < -0.3 is 5.32 Å². The van der Waals surface area contributed by atoms with Crippen LogP contribution in [0, 0.1) is 0 Å². The summed E-state index contributed by atoms with van der Waals surface area (Å²) < 4.78 is 38.7. The van der Waals surface area contributed by atoms with Crippen molar-refractivity contribution in [3.05, 3.63) is 59.1 Å². The van der Waals surface area contributed by atoms with Gasteiger partial charge in [0.1, 0.15) is 0 Å². The number of hydrogen-bond acceptors (Lipinski definition) is 3. The number of amides is 2. The first-order chi connectivity index (χ1) is 12.7. The van der Waals surface area contributed by atoms with Gasteiger partial charge in [-0.05, 0) is 42.5 Å². The average Bonchev–Trinajstić information content (AvgIpc) is 3.02. The number of halogens is 4. The average molecular weight is 414 g/mol. The van der Waals surface area contributed by atoms with E-state index in [0.717, 1.165) is 12.1 Å². The van der Waals surface area contributed by atoms with E-state index in [1.54, 1.807) is 24.3 Å². The number of hydrogen-bond donors (Lipinski definition) is 1. The number of anilines is 2. The summed E-state index contributed by atoms with van der Waals surface area (Å²) in [6.07, 6.45) is -4.49. The van der Waals surface area contributed by atoms with Crippen LogP contribution >= 0.6 is 23.4 Å². The van der Waals surface area contributed by atoms with Crippen LogP contribution in [0.4, 0.5) is 29.3 Å². The molecule has 1 heterocycles. The lowest BCUT2D eigenvalue weighted by Crippen LogP contribution is -2.38. The third kappa shape index (κ3) is 4.75. The van der Waals surface area contributed by atoms with Gasteiger partial charge >= 0.3 is 12.2 Å². The molecule has 3 rings (SSSR count). The molecule has 1 atom stereocenters. The number of aliphatic imine (C=N–C) groups is 1. The highest BCUT2D eigenvalue weighted by Gasteiger charge is 2.31. The summed E-state index contributed by atoms with van der Waals surface area (Å²) in [5.74, 6) is 0. The van der Waals surface area contributed by atoms with E-state index in [-0.39, 0.29) is 10.9 Å². The SMILES string of the molecule is C[C@H]1CN=C(N(C(=O)Nc2cccc(C(F)(F)F)c2)c2ccc(Cl)cc2)S1. The standard InChI is InChI=1S/C18H15ClF3N3OS/c1-11-10-23-17(27-11)25(15-7-5-13(19)6-8-15)16(26)24-14-4-2-3-12(9-14)18(20,21)22/h2-9,11H,10H2,1H3,(H,24,26)/t11-/m0/s1. The summed E-state index contributed by atoms with van der Waals surface area (Å²) in [4.78, 5) is 18.6. The molecule has 0 aromatic heterocycles. The summed E-state index contributed by atoms with van der Waals surface area (Å²) in [5, 5.41) is 3.71. The molecule has 1 aliphatic rings. The predicted octanol–water partition coefficient (Wildman–Crippen LogP) is 5.89. The maximum Gasteiger partial charge on any atom is 0.416 e. The first-order valence-electron chi connectivity index (χ1n) is 7.99. The van der Waals surface area contributed by atoms with Gasteiger partial charge in [-0.15, -0.1) is 0 Å². The van der Waals surface area contributed by atoms with Gasteiger partial charge in [0.15, 0.2) is 5.17 Å². The number of thioether (sulfide) groups is 1. The van der Waals surface area contributed by atoms with Crippen LogP contribution in [0.15, 0.2) is 53.5 Å². The van der Waals surface area contributed by atoms with E-state index in [2.05, 4.69) is 10.3 Å². The van der Waals surface area contributed by atoms with Gasteiger partial charge in [-0.2, -0.15) is 13.2 Å². The smallest absolute Gasteiger partial charge is 0.307 e. The Labute approximate surface area is 163 Å². The van der Waals surface area contributed by atoms with Crippen molar-refractivity contribution in [1.29, 1.82) is 0 Å². The van der Waals surface area contributed by atoms with E-state index in [4.69, 9.17) is 11.6 Å². The minimum absolute atomic E-state index is 0.0467. The monoisotopic (exact) mass is 413 g/mol. The number of benzene rings is 2. The van der Waals surface area contributed by atoms with Crippen LogP contribution in [0.1, 0.15) is 12.5 Å². The van der Waals surface area contributed by atoms with Crippen LogP contribution < -0.4 is 10.2 Å². The zero-order chi connectivity index (χ0) is 19.6. The number of urea groups is 1. The Morgan fingerprint density at radius 3 is 2.56 bits per heavy atom. The molecule has 1 aliphatic heterocycles. The van der Waals surface area contributed by atoms with E-state index >= 15 is 0 Å². The molecule has 2 amide bonds. The normalized spacial score (nSPS) is 16.8. The Balaban J connectivity index is 1.89. The Morgan fingerprint density at radius 1 is 1.26 bits per heavy atom. The fourth-order valence-corrected chi connectivity index (χ4v) is 3.52. The number of nitrogens with zero attached hydrogens (tertiary/aromatic N) is 2. The summed E-state index contributed by atoms with van der Waals surface area (Å²) in [6.45, 7) is 2.53. The molecule has 0 fully saturated rings. The third-order valence-electron chi connectivity index (χ3n) is 3.71. The molecular weight excluding hydrogens is 399 g/mol. The van der Waals surface area contributed by atoms with Crippen molar-refractivity contribution < 1.29 is 18.0 Å². The summed E-state index contributed by atoms with van der Waals surface area (Å²) in [5.41, 5.74) is -0.269. The van der Waals surface area contributed by atoms with Gasteiger partial charge in [-0.1, -0.05) is 36.4 Å². The molecule has 2 aromatic rings. The number of carbonyl (C=O) groups is 1. The highest BCUT2D eigenvalue weighted by atomic mass is 35.5. The van der Waals surface area contributed by atoms with Crippen molar-refractivity contribution in [2.24, 2.45) is 4.99 Å². The maximum atomic E-state index is 12.9. The van der Waals surface area contributed by atoms with Crippen molar-refractivity contribution in [3.63, 3.8) is 0 Å². The number of rotatable bonds is 2. The zero-order valence-electron chi connectivity index (χ0n) is 14.1. The zero-order valence-corrected chi connectivity index (χ0v) is 15.7. The molecule has 4 nitrogen and oxygen atoms in total. The summed E-state index contributed by atoms with van der Waals surface area (Å²) in [6, 6.07) is 10.5. The molecule has 0 radical (unpaired) electrons. The second-order valence-corrected chi connectivity index (χ2v) is 7.71. The molecule has 0 bridgehead atoms. The number of amidine groups is 1. The van der Waals surface area contributed by atoms with Gasteiger partial charge in [0.2, 0.25) is 0 Å². The van der Waals surface area contributed by atoms with Crippen molar-refractivity contribution in [3.8, 4) is 0 Å². The Morgan fingerprint density at radius 2 is 1.96 bits per heavy atom. The van der Waals surface area contributed by atoms with Gasteiger partial charge in [-0.3, -0.25) is 4.99 Å². The van der Waals surface area contributed by atoms with Crippen LogP contribution in [-0.4, -0.2) is 23.0 Å². The second-order valence-electron chi connectivity index (χ2n) is 5.87. The lowest BCUT2D eigenvalue weighted by Gasteiger charge is -2.23. The van der Waals surface area contributed by atoms with Crippen LogP contribution in [0.5, 0.6) is 0 Å². The second kappa shape index (κ2) is 7.82. The van der Waals surface area contributed by atoms with Crippen molar-refractivity contribution in [1.82, 2.24) is 0 Å².